The van der Waals surface area contributed by atoms with Crippen molar-refractivity contribution >= 4 is 21.7 Å². The maximum Gasteiger partial charge on any atom is 0.164 e. The smallest absolute Gasteiger partial charge is 0.164 e. The first-order chi connectivity index (χ1) is 8.69. The number of hydrogen-bond donors (Lipinski definition) is 0. The van der Waals surface area contributed by atoms with E-state index in [0.717, 1.165) is 22.9 Å². The summed E-state index contributed by atoms with van der Waals surface area (Å²) in [6.45, 7) is 5.95. The molecule has 0 amide bonds. The lowest BCUT2D eigenvalue weighted by Crippen LogP contribution is -2.13. The van der Waals surface area contributed by atoms with E-state index in [9.17, 15) is 4.79 Å². The Morgan fingerprint density at radius 1 is 1.33 bits per heavy atom. The number of halogens is 1. The Balaban J connectivity index is 2.42. The quantitative estimate of drug-likeness (QED) is 0.644. The molecule has 1 unspecified atom stereocenters. The summed E-state index contributed by atoms with van der Waals surface area (Å²) in [6, 6.07) is 0. The SMILES string of the molecule is CCOCCOC(/C=C/C1=C(Br)CCC1=O)CC. The molecule has 1 aliphatic carbocycles. The second-order valence-electron chi connectivity index (χ2n) is 4.12. The first-order valence-electron chi connectivity index (χ1n) is 6.48. The molecule has 3 nitrogen and oxygen atoms in total. The molecule has 1 rings (SSSR count). The standard InChI is InChI=1S/C14H21BrO3/c1-3-11(18-10-9-17-4-2)5-6-12-13(15)7-8-14(12)16/h5-6,11H,3-4,7-10H2,1-2H3/b6-5+. The molecule has 0 fully saturated rings. The molecule has 0 radical (unpaired) electrons. The van der Waals surface area contributed by atoms with Gasteiger partial charge in [0.2, 0.25) is 0 Å². The summed E-state index contributed by atoms with van der Waals surface area (Å²) in [7, 11) is 0. The maximum absolute atomic E-state index is 11.6. The van der Waals surface area contributed by atoms with Gasteiger partial charge in [0.05, 0.1) is 19.3 Å². The third-order valence-electron chi connectivity index (χ3n) is 2.81. The molecular formula is C14H21BrO3. The van der Waals surface area contributed by atoms with Gasteiger partial charge in [0, 0.05) is 23.1 Å². The Morgan fingerprint density at radius 2 is 2.11 bits per heavy atom. The van der Waals surface area contributed by atoms with Crippen LogP contribution in [-0.4, -0.2) is 31.7 Å². The largest absolute Gasteiger partial charge is 0.379 e. The van der Waals surface area contributed by atoms with Gasteiger partial charge >= 0.3 is 0 Å². The molecule has 0 heterocycles. The number of hydrogen-bond acceptors (Lipinski definition) is 3. The normalized spacial score (nSPS) is 18.1. The average Bonchev–Trinajstić information content (AvgIpc) is 2.69. The van der Waals surface area contributed by atoms with Crippen molar-refractivity contribution in [2.24, 2.45) is 0 Å². The van der Waals surface area contributed by atoms with Crippen molar-refractivity contribution in [1.82, 2.24) is 0 Å². The predicted octanol–water partition coefficient (Wildman–Crippen LogP) is 3.39. The van der Waals surface area contributed by atoms with Crippen LogP contribution >= 0.6 is 15.9 Å². The van der Waals surface area contributed by atoms with Crippen LogP contribution in [-0.2, 0) is 14.3 Å². The Hall–Kier alpha value is -0.450. The second kappa shape index (κ2) is 8.62. The lowest BCUT2D eigenvalue weighted by atomic mass is 10.1. The average molecular weight is 317 g/mol. The monoisotopic (exact) mass is 316 g/mol. The molecule has 1 atom stereocenters. The molecule has 0 saturated heterocycles. The van der Waals surface area contributed by atoms with Crippen molar-refractivity contribution in [2.75, 3.05) is 19.8 Å². The zero-order chi connectivity index (χ0) is 13.4. The van der Waals surface area contributed by atoms with Crippen LogP contribution in [0, 0.1) is 0 Å². The van der Waals surface area contributed by atoms with Crippen molar-refractivity contribution in [2.45, 2.75) is 39.2 Å². The molecule has 0 aromatic heterocycles. The van der Waals surface area contributed by atoms with E-state index in [1.165, 1.54) is 0 Å². The Bertz CT molecular complexity index is 334. The summed E-state index contributed by atoms with van der Waals surface area (Å²) in [6.07, 6.45) is 6.22. The summed E-state index contributed by atoms with van der Waals surface area (Å²) in [5.41, 5.74) is 0.793. The van der Waals surface area contributed by atoms with Gasteiger partial charge in [-0.25, -0.2) is 0 Å². The molecule has 0 aromatic carbocycles. The number of allylic oxidation sites excluding steroid dienone is 3. The third-order valence-corrected chi connectivity index (χ3v) is 3.63. The van der Waals surface area contributed by atoms with E-state index < -0.39 is 0 Å². The highest BCUT2D eigenvalue weighted by Gasteiger charge is 2.19. The zero-order valence-corrected chi connectivity index (χ0v) is 12.7. The van der Waals surface area contributed by atoms with Gasteiger partial charge in [0.1, 0.15) is 0 Å². The first kappa shape index (κ1) is 15.6. The number of carbonyl (C=O) groups excluding carboxylic acids is 1. The summed E-state index contributed by atoms with van der Waals surface area (Å²) in [5, 5.41) is 0. The summed E-state index contributed by atoms with van der Waals surface area (Å²) >= 11 is 3.44. The lowest BCUT2D eigenvalue weighted by Gasteiger charge is -2.11. The van der Waals surface area contributed by atoms with Crippen LogP contribution in [0.2, 0.25) is 0 Å². The van der Waals surface area contributed by atoms with Crippen LogP contribution in [0.1, 0.15) is 33.1 Å². The summed E-state index contributed by atoms with van der Waals surface area (Å²) < 4.78 is 11.9. The maximum atomic E-state index is 11.6. The van der Waals surface area contributed by atoms with E-state index in [0.29, 0.717) is 26.2 Å². The number of ether oxygens (including phenoxy) is 2. The minimum Gasteiger partial charge on any atom is -0.379 e. The highest BCUT2D eigenvalue weighted by Crippen LogP contribution is 2.28. The molecule has 18 heavy (non-hydrogen) atoms. The number of carbonyl (C=O) groups is 1. The molecule has 102 valence electrons. The van der Waals surface area contributed by atoms with Crippen LogP contribution in [0.5, 0.6) is 0 Å². The van der Waals surface area contributed by atoms with Crippen LogP contribution < -0.4 is 0 Å². The van der Waals surface area contributed by atoms with Gasteiger partial charge in [-0.15, -0.1) is 0 Å². The van der Waals surface area contributed by atoms with Gasteiger partial charge in [-0.2, -0.15) is 0 Å². The van der Waals surface area contributed by atoms with Crippen molar-refractivity contribution in [1.29, 1.82) is 0 Å². The molecule has 1 aliphatic rings. The van der Waals surface area contributed by atoms with E-state index >= 15 is 0 Å². The molecule has 0 spiro atoms. The minimum atomic E-state index is 0.0478. The van der Waals surface area contributed by atoms with E-state index in [4.69, 9.17) is 9.47 Å². The van der Waals surface area contributed by atoms with E-state index in [1.54, 1.807) is 0 Å². The summed E-state index contributed by atoms with van der Waals surface area (Å²) in [4.78, 5) is 11.6. The van der Waals surface area contributed by atoms with Gasteiger partial charge in [0.25, 0.3) is 0 Å². The number of Topliss-reactive ketones (excluding diaryl/α,β-unsaturated/α-hetero) is 1. The van der Waals surface area contributed by atoms with E-state index in [1.807, 2.05) is 19.1 Å². The third kappa shape index (κ3) is 5.04. The van der Waals surface area contributed by atoms with Gasteiger partial charge in [-0.3, -0.25) is 4.79 Å². The minimum absolute atomic E-state index is 0.0478. The van der Waals surface area contributed by atoms with Crippen molar-refractivity contribution in [3.05, 3.63) is 22.2 Å². The Labute approximate surface area is 117 Å². The number of rotatable bonds is 8. The van der Waals surface area contributed by atoms with E-state index in [2.05, 4.69) is 22.9 Å². The first-order valence-corrected chi connectivity index (χ1v) is 7.27. The van der Waals surface area contributed by atoms with Crippen LogP contribution in [0.15, 0.2) is 22.2 Å². The van der Waals surface area contributed by atoms with Crippen LogP contribution in [0.3, 0.4) is 0 Å². The van der Waals surface area contributed by atoms with Gasteiger partial charge < -0.3 is 9.47 Å². The van der Waals surface area contributed by atoms with Gasteiger partial charge in [-0.05, 0) is 19.8 Å². The fraction of sp³-hybridized carbons (Fsp3) is 0.643. The topological polar surface area (TPSA) is 35.5 Å². The molecule has 0 N–H and O–H groups in total. The zero-order valence-electron chi connectivity index (χ0n) is 11.1. The molecule has 0 saturated carbocycles. The summed E-state index contributed by atoms with van der Waals surface area (Å²) in [5.74, 6) is 0.210. The van der Waals surface area contributed by atoms with Crippen molar-refractivity contribution in [3.63, 3.8) is 0 Å². The molecule has 0 bridgehead atoms. The van der Waals surface area contributed by atoms with Crippen molar-refractivity contribution < 1.29 is 14.3 Å². The highest BCUT2D eigenvalue weighted by molar-refractivity contribution is 9.11. The Morgan fingerprint density at radius 3 is 2.67 bits per heavy atom. The van der Waals surface area contributed by atoms with Gasteiger partial charge in [0.15, 0.2) is 5.78 Å². The second-order valence-corrected chi connectivity index (χ2v) is 5.07. The predicted molar refractivity (Wildman–Crippen MR) is 75.9 cm³/mol. The van der Waals surface area contributed by atoms with Gasteiger partial charge in [-0.1, -0.05) is 35.0 Å². The fourth-order valence-corrected chi connectivity index (χ4v) is 2.29. The van der Waals surface area contributed by atoms with Crippen LogP contribution in [0.4, 0.5) is 0 Å². The molecule has 0 aliphatic heterocycles. The molecule has 0 aromatic rings. The molecular weight excluding hydrogens is 296 g/mol. The fourth-order valence-electron chi connectivity index (χ4n) is 1.74. The van der Waals surface area contributed by atoms with E-state index in [-0.39, 0.29) is 11.9 Å². The number of ketones is 1. The molecule has 4 heteroatoms. The van der Waals surface area contributed by atoms with Crippen molar-refractivity contribution in [3.8, 4) is 0 Å². The Kier molecular flexibility index (Phi) is 7.47. The highest BCUT2D eigenvalue weighted by atomic mass is 79.9. The van der Waals surface area contributed by atoms with Crippen LogP contribution in [0.25, 0.3) is 0 Å². The lowest BCUT2D eigenvalue weighted by molar-refractivity contribution is -0.114.